The van der Waals surface area contributed by atoms with Gasteiger partial charge in [0.15, 0.2) is 0 Å². The molecule has 0 saturated heterocycles. The first kappa shape index (κ1) is 63.3. The van der Waals surface area contributed by atoms with Crippen LogP contribution in [0.1, 0.15) is 0 Å². The van der Waals surface area contributed by atoms with Crippen LogP contribution in [0.3, 0.4) is 0 Å². The first-order valence-electron chi connectivity index (χ1n) is 2.00. The zero-order chi connectivity index (χ0) is 14.3. The topological polar surface area (TPSA) is 253 Å². The van der Waals surface area contributed by atoms with Crippen LogP contribution in [-0.4, -0.2) is 53.3 Å². The van der Waals surface area contributed by atoms with Crippen LogP contribution in [-0.2, 0) is 67.8 Å². The second-order valence-corrected chi connectivity index (χ2v) is 2.45. The SMILES string of the molecule is O=S([O-])[O-].O=S([O-])[O-].O=S([O-])[O-].O=S([O-])[O-].[Au+3].[K+].[K+].[K+].[K+].[K+]. The van der Waals surface area contributed by atoms with Gasteiger partial charge in [0.25, 0.3) is 0 Å². The fourth-order valence-electron chi connectivity index (χ4n) is 0. The molecule has 0 aromatic rings. The summed E-state index contributed by atoms with van der Waals surface area (Å²) >= 11 is -12.4. The van der Waals surface area contributed by atoms with E-state index in [-0.39, 0.29) is 279 Å². The van der Waals surface area contributed by atoms with Crippen LogP contribution >= 0.6 is 0 Å². The fraction of sp³-hybridized carbons (Fsp3) is 0. The minimum atomic E-state index is -3.11. The van der Waals surface area contributed by atoms with E-state index in [4.69, 9.17) is 53.3 Å². The molecule has 0 aromatic heterocycles. The van der Waals surface area contributed by atoms with Crippen molar-refractivity contribution in [1.29, 1.82) is 0 Å². The Morgan fingerprint density at radius 3 is 0.364 bits per heavy atom. The molecule has 12 nitrogen and oxygen atoms in total. The Balaban J connectivity index is -0.00000001000. The average Bonchev–Trinajstić information content (AvgIpc) is 1.76. The Morgan fingerprint density at radius 1 is 0.364 bits per heavy atom. The summed E-state index contributed by atoms with van der Waals surface area (Å²) in [5.41, 5.74) is 0. The van der Waals surface area contributed by atoms with Crippen LogP contribution in [0.2, 0.25) is 0 Å². The zero-order valence-electron chi connectivity index (χ0n) is 11.8. The molecular formula is AuK5O12S4. The summed E-state index contributed by atoms with van der Waals surface area (Å²) in [6, 6.07) is 0. The van der Waals surface area contributed by atoms with Gasteiger partial charge in [0.05, 0.1) is 0 Å². The second kappa shape index (κ2) is 57.3. The largest absolute Gasteiger partial charge is 3.00 e. The van der Waals surface area contributed by atoms with Gasteiger partial charge in [-0.3, -0.25) is 16.8 Å². The first-order chi connectivity index (χ1) is 6.93. The number of rotatable bonds is 0. The van der Waals surface area contributed by atoms with Gasteiger partial charge in [-0.15, -0.1) is 45.4 Å². The summed E-state index contributed by atoms with van der Waals surface area (Å²) < 4.78 is 101. The summed E-state index contributed by atoms with van der Waals surface area (Å²) in [7, 11) is 0. The molecular weight excluding hydrogens is 713 g/mol. The van der Waals surface area contributed by atoms with Crippen molar-refractivity contribution in [1.82, 2.24) is 0 Å². The molecule has 0 fully saturated rings. The molecule has 0 radical (unpaired) electrons. The predicted molar refractivity (Wildman–Crippen MR) is 38.8 cm³/mol. The van der Waals surface area contributed by atoms with E-state index in [1.54, 1.807) is 0 Å². The van der Waals surface area contributed by atoms with Crippen molar-refractivity contribution in [2.75, 3.05) is 0 Å². The van der Waals surface area contributed by atoms with Crippen molar-refractivity contribution in [3.63, 3.8) is 0 Å². The van der Waals surface area contributed by atoms with Gasteiger partial charge >= 0.3 is 279 Å². The third-order valence-corrected chi connectivity index (χ3v) is 0. The third-order valence-electron chi connectivity index (χ3n) is 0. The third kappa shape index (κ3) is 274. The van der Waals surface area contributed by atoms with Crippen LogP contribution in [0.5, 0.6) is 0 Å². The second-order valence-electron chi connectivity index (χ2n) is 0.816. The van der Waals surface area contributed by atoms with Gasteiger partial charge in [0.1, 0.15) is 0 Å². The Labute approximate surface area is 365 Å². The molecule has 0 saturated carbocycles. The Bertz CT molecular complexity index is 176. The maximum atomic E-state index is 8.44. The van der Waals surface area contributed by atoms with E-state index in [0.29, 0.717) is 0 Å². The summed E-state index contributed by atoms with van der Waals surface area (Å²) in [5.74, 6) is 0. The monoisotopic (exact) mass is 712 g/mol. The number of hydrogen-bond acceptors (Lipinski definition) is 12. The summed E-state index contributed by atoms with van der Waals surface area (Å²) in [4.78, 5) is 0. The maximum Gasteiger partial charge on any atom is 3.00 e. The quantitative estimate of drug-likeness (QED) is 0.168. The molecule has 0 unspecified atom stereocenters. The molecule has 0 bridgehead atoms. The van der Waals surface area contributed by atoms with Gasteiger partial charge in [0.2, 0.25) is 0 Å². The molecule has 0 aliphatic rings. The maximum absolute atomic E-state index is 8.44. The molecule has 0 aromatic carbocycles. The minimum Gasteiger partial charge on any atom is -0.784 e. The average molecular weight is 713 g/mol. The molecule has 0 spiro atoms. The van der Waals surface area contributed by atoms with Crippen molar-refractivity contribution < 1.29 is 333 Å². The van der Waals surface area contributed by atoms with E-state index in [0.717, 1.165) is 0 Å². The first-order valence-corrected chi connectivity index (χ1v) is 6.00. The van der Waals surface area contributed by atoms with Gasteiger partial charge in [-0.2, -0.15) is 0 Å². The summed E-state index contributed by atoms with van der Waals surface area (Å²) in [6.45, 7) is 0. The van der Waals surface area contributed by atoms with Crippen molar-refractivity contribution in [2.45, 2.75) is 0 Å². The molecule has 0 aliphatic carbocycles. The normalized spacial score (nSPS) is 6.36. The Kier molecular flexibility index (Phi) is 165. The Morgan fingerprint density at radius 2 is 0.364 bits per heavy atom. The minimum absolute atomic E-state index is 0. The molecule has 0 amide bonds. The van der Waals surface area contributed by atoms with Crippen LogP contribution in [0, 0.1) is 0 Å². The van der Waals surface area contributed by atoms with E-state index in [1.807, 2.05) is 0 Å². The molecule has 0 N–H and O–H groups in total. The van der Waals surface area contributed by atoms with Gasteiger partial charge in [-0.1, -0.05) is 0 Å². The van der Waals surface area contributed by atoms with Crippen molar-refractivity contribution >= 4 is 45.4 Å². The Hall–Kier alpha value is 9.20. The van der Waals surface area contributed by atoms with Gasteiger partial charge in [-0.25, -0.2) is 0 Å². The van der Waals surface area contributed by atoms with Gasteiger partial charge in [0, 0.05) is 0 Å². The van der Waals surface area contributed by atoms with Crippen LogP contribution in [0.4, 0.5) is 0 Å². The van der Waals surface area contributed by atoms with Crippen LogP contribution in [0.25, 0.3) is 0 Å². The van der Waals surface area contributed by atoms with E-state index >= 15 is 0 Å². The van der Waals surface area contributed by atoms with E-state index in [9.17, 15) is 0 Å². The summed E-state index contributed by atoms with van der Waals surface area (Å²) in [5, 5.41) is 0. The van der Waals surface area contributed by atoms with Gasteiger partial charge < -0.3 is 36.4 Å². The van der Waals surface area contributed by atoms with Crippen molar-refractivity contribution in [2.24, 2.45) is 0 Å². The molecule has 22 heavy (non-hydrogen) atoms. The fourth-order valence-corrected chi connectivity index (χ4v) is 0. The molecule has 112 valence electrons. The molecule has 0 atom stereocenters. The zero-order valence-corrected chi connectivity index (χ0v) is 32.9. The smallest absolute Gasteiger partial charge is 0.784 e. The predicted octanol–water partition coefficient (Wildman–Crippen LogP) is -19.0. The van der Waals surface area contributed by atoms with Gasteiger partial charge in [-0.05, 0) is 0 Å². The summed E-state index contributed by atoms with van der Waals surface area (Å²) in [6.07, 6.45) is 0. The van der Waals surface area contributed by atoms with Crippen LogP contribution < -0.4 is 257 Å². The molecule has 0 rings (SSSR count). The standard InChI is InChI=1S/Au.5K.4H2O3S/c;;;;;;4*1-4(2)3/h;;;;;;4*(H2,1,2,3)/q+3;5*+1;;;;/p-8. The van der Waals surface area contributed by atoms with Crippen molar-refractivity contribution in [3.8, 4) is 0 Å². The number of hydrogen-bond donors (Lipinski definition) is 0. The van der Waals surface area contributed by atoms with Crippen molar-refractivity contribution in [3.05, 3.63) is 0 Å². The van der Waals surface area contributed by atoms with E-state index in [2.05, 4.69) is 0 Å². The molecule has 22 heteroatoms. The van der Waals surface area contributed by atoms with E-state index in [1.165, 1.54) is 0 Å². The molecule has 0 heterocycles. The molecule has 0 aliphatic heterocycles. The van der Waals surface area contributed by atoms with Crippen LogP contribution in [0.15, 0.2) is 0 Å². The van der Waals surface area contributed by atoms with E-state index < -0.39 is 45.4 Å².